The highest BCUT2D eigenvalue weighted by Gasteiger charge is 2.37. The average Bonchev–Trinajstić information content (AvgIpc) is 2.93. The van der Waals surface area contributed by atoms with Crippen molar-refractivity contribution < 1.29 is 20.1 Å². The van der Waals surface area contributed by atoms with Crippen LogP contribution in [0.1, 0.15) is 110 Å². The fourth-order valence-electron chi connectivity index (χ4n) is 3.73. The maximum Gasteiger partial charge on any atom is 0.157 e. The van der Waals surface area contributed by atoms with Crippen LogP contribution in [0.25, 0.3) is 0 Å². The second-order valence-corrected chi connectivity index (χ2v) is 7.81. The first-order valence-electron chi connectivity index (χ1n) is 10.8. The first-order valence-corrected chi connectivity index (χ1v) is 10.8. The lowest BCUT2D eigenvalue weighted by atomic mass is 10.0. The number of unbranched alkanes of at least 4 members (excludes halogenated alkanes) is 13. The van der Waals surface area contributed by atoms with Crippen LogP contribution in [0.3, 0.4) is 0 Å². The molecule has 4 heteroatoms. The summed E-state index contributed by atoms with van der Waals surface area (Å²) >= 11 is 0. The molecule has 0 aromatic rings. The van der Waals surface area contributed by atoms with Crippen molar-refractivity contribution in [2.45, 2.75) is 134 Å². The highest BCUT2D eigenvalue weighted by Crippen LogP contribution is 2.24. The molecule has 150 valence electrons. The summed E-state index contributed by atoms with van der Waals surface area (Å²) in [5.41, 5.74) is 0. The van der Waals surface area contributed by atoms with E-state index in [-0.39, 0.29) is 6.42 Å². The van der Waals surface area contributed by atoms with E-state index in [0.717, 1.165) is 12.8 Å². The van der Waals surface area contributed by atoms with Crippen LogP contribution in [0.15, 0.2) is 0 Å². The van der Waals surface area contributed by atoms with Crippen molar-refractivity contribution in [3.8, 4) is 0 Å². The Bertz CT molecular complexity index is 298. The first-order chi connectivity index (χ1) is 12.1. The number of hydrogen-bond donors (Lipinski definition) is 3. The van der Waals surface area contributed by atoms with Gasteiger partial charge in [0.2, 0.25) is 0 Å². The van der Waals surface area contributed by atoms with Gasteiger partial charge in [0.05, 0.1) is 12.2 Å². The zero-order chi connectivity index (χ0) is 18.3. The quantitative estimate of drug-likeness (QED) is 0.350. The number of rotatable bonds is 16. The van der Waals surface area contributed by atoms with Crippen LogP contribution in [-0.2, 0) is 4.74 Å². The van der Waals surface area contributed by atoms with E-state index >= 15 is 0 Å². The third-order valence-electron chi connectivity index (χ3n) is 5.37. The summed E-state index contributed by atoms with van der Waals surface area (Å²) < 4.78 is 5.16. The Hall–Kier alpha value is -0.160. The van der Waals surface area contributed by atoms with E-state index in [9.17, 15) is 15.3 Å². The van der Waals surface area contributed by atoms with Crippen LogP contribution in [0.4, 0.5) is 0 Å². The monoisotopic (exact) mass is 358 g/mol. The molecule has 0 bridgehead atoms. The van der Waals surface area contributed by atoms with Gasteiger partial charge < -0.3 is 20.1 Å². The van der Waals surface area contributed by atoms with Crippen LogP contribution in [0.5, 0.6) is 0 Å². The molecule has 4 atom stereocenters. The molecule has 1 rings (SSSR count). The molecule has 1 heterocycles. The topological polar surface area (TPSA) is 69.9 Å². The molecular formula is C21H42O4. The molecule has 25 heavy (non-hydrogen) atoms. The molecule has 4 nitrogen and oxygen atoms in total. The minimum absolute atomic E-state index is 0.209. The highest BCUT2D eigenvalue weighted by atomic mass is 16.6. The smallest absolute Gasteiger partial charge is 0.157 e. The van der Waals surface area contributed by atoms with Crippen molar-refractivity contribution >= 4 is 0 Å². The van der Waals surface area contributed by atoms with Crippen molar-refractivity contribution in [2.24, 2.45) is 0 Å². The van der Waals surface area contributed by atoms with Crippen molar-refractivity contribution in [2.75, 3.05) is 0 Å². The summed E-state index contributed by atoms with van der Waals surface area (Å²) in [6, 6.07) is 0. The lowest BCUT2D eigenvalue weighted by Gasteiger charge is -2.20. The molecule has 0 radical (unpaired) electrons. The Morgan fingerprint density at radius 3 is 1.60 bits per heavy atom. The Morgan fingerprint density at radius 1 is 0.760 bits per heavy atom. The summed E-state index contributed by atoms with van der Waals surface area (Å²) in [5.74, 6) is 0. The molecule has 1 fully saturated rings. The molecule has 0 amide bonds. The standard InChI is InChI=1S/C21H42O4/c1-2-3-4-5-6-7-8-9-10-11-12-13-14-15-16-18(22)21-19(23)17-20(24)25-21/h18-24H,2-17H2,1H3/t18?,19-,20+,21-/m1/s1. The van der Waals surface area contributed by atoms with Gasteiger partial charge in [-0.05, 0) is 6.42 Å². The second kappa shape index (κ2) is 15.0. The molecule has 0 aromatic carbocycles. The lowest BCUT2D eigenvalue weighted by Crippen LogP contribution is -2.34. The molecule has 1 unspecified atom stereocenters. The summed E-state index contributed by atoms with van der Waals surface area (Å²) in [7, 11) is 0. The highest BCUT2D eigenvalue weighted by molar-refractivity contribution is 4.83. The predicted octanol–water partition coefficient (Wildman–Crippen LogP) is 4.69. The van der Waals surface area contributed by atoms with Gasteiger partial charge in [0.15, 0.2) is 6.29 Å². The number of aliphatic hydroxyl groups excluding tert-OH is 3. The van der Waals surface area contributed by atoms with E-state index in [1.54, 1.807) is 0 Å². The molecule has 1 saturated heterocycles. The third kappa shape index (κ3) is 11.2. The molecule has 0 spiro atoms. The normalized spacial score (nSPS) is 24.7. The fraction of sp³-hybridized carbons (Fsp3) is 1.00. The van der Waals surface area contributed by atoms with E-state index < -0.39 is 24.6 Å². The number of ether oxygens (including phenoxy) is 1. The van der Waals surface area contributed by atoms with Crippen molar-refractivity contribution in [1.29, 1.82) is 0 Å². The van der Waals surface area contributed by atoms with E-state index in [4.69, 9.17) is 4.74 Å². The van der Waals surface area contributed by atoms with E-state index in [0.29, 0.717) is 6.42 Å². The van der Waals surface area contributed by atoms with Gasteiger partial charge in [0, 0.05) is 6.42 Å². The van der Waals surface area contributed by atoms with Crippen LogP contribution >= 0.6 is 0 Å². The molecule has 0 aliphatic carbocycles. The van der Waals surface area contributed by atoms with Gasteiger partial charge in [-0.3, -0.25) is 0 Å². The minimum atomic E-state index is -0.925. The van der Waals surface area contributed by atoms with Crippen LogP contribution in [0, 0.1) is 0 Å². The number of hydrogen-bond acceptors (Lipinski definition) is 4. The summed E-state index contributed by atoms with van der Waals surface area (Å²) in [6.45, 7) is 2.27. The van der Waals surface area contributed by atoms with E-state index in [2.05, 4.69) is 6.92 Å². The summed E-state index contributed by atoms with van der Waals surface area (Å²) in [4.78, 5) is 0. The Morgan fingerprint density at radius 2 is 1.20 bits per heavy atom. The van der Waals surface area contributed by atoms with Crippen LogP contribution < -0.4 is 0 Å². The molecule has 0 aromatic heterocycles. The Labute approximate surface area is 155 Å². The van der Waals surface area contributed by atoms with Crippen LogP contribution in [-0.4, -0.2) is 39.9 Å². The van der Waals surface area contributed by atoms with Crippen LogP contribution in [0.2, 0.25) is 0 Å². The summed E-state index contributed by atoms with van der Waals surface area (Å²) in [6.07, 6.45) is 16.4. The molecule has 0 saturated carbocycles. The zero-order valence-electron chi connectivity index (χ0n) is 16.4. The van der Waals surface area contributed by atoms with Gasteiger partial charge >= 0.3 is 0 Å². The lowest BCUT2D eigenvalue weighted by molar-refractivity contribution is -0.131. The zero-order valence-corrected chi connectivity index (χ0v) is 16.4. The van der Waals surface area contributed by atoms with Gasteiger partial charge in [-0.2, -0.15) is 0 Å². The average molecular weight is 359 g/mol. The fourth-order valence-corrected chi connectivity index (χ4v) is 3.73. The van der Waals surface area contributed by atoms with Gasteiger partial charge in [-0.1, -0.05) is 96.8 Å². The van der Waals surface area contributed by atoms with Crippen molar-refractivity contribution in [3.05, 3.63) is 0 Å². The second-order valence-electron chi connectivity index (χ2n) is 7.81. The van der Waals surface area contributed by atoms with Crippen molar-refractivity contribution in [1.82, 2.24) is 0 Å². The van der Waals surface area contributed by atoms with E-state index in [1.807, 2.05) is 0 Å². The molecule has 1 aliphatic heterocycles. The Balaban J connectivity index is 1.80. The van der Waals surface area contributed by atoms with Gasteiger partial charge in [-0.15, -0.1) is 0 Å². The summed E-state index contributed by atoms with van der Waals surface area (Å²) in [5, 5.41) is 29.1. The Kier molecular flexibility index (Phi) is 13.7. The maximum atomic E-state index is 10.0. The molecule has 3 N–H and O–H groups in total. The van der Waals surface area contributed by atoms with Gasteiger partial charge in [0.25, 0.3) is 0 Å². The first kappa shape index (κ1) is 22.9. The maximum absolute atomic E-state index is 10.0. The van der Waals surface area contributed by atoms with E-state index in [1.165, 1.54) is 77.0 Å². The molecular weight excluding hydrogens is 316 g/mol. The largest absolute Gasteiger partial charge is 0.390 e. The number of aliphatic hydroxyl groups is 3. The van der Waals surface area contributed by atoms with Crippen molar-refractivity contribution in [3.63, 3.8) is 0 Å². The van der Waals surface area contributed by atoms with Gasteiger partial charge in [-0.25, -0.2) is 0 Å². The van der Waals surface area contributed by atoms with Gasteiger partial charge in [0.1, 0.15) is 6.10 Å². The molecule has 1 aliphatic rings. The third-order valence-corrected chi connectivity index (χ3v) is 5.37. The SMILES string of the molecule is CCCCCCCCCCCCCCCCC(O)[C@H]1O[C@H](O)C[C@H]1O. The minimum Gasteiger partial charge on any atom is -0.390 e. The predicted molar refractivity (Wildman–Crippen MR) is 102 cm³/mol.